The lowest BCUT2D eigenvalue weighted by atomic mass is 10.1. The van der Waals surface area contributed by atoms with Crippen LogP contribution in [-0.4, -0.2) is 25.8 Å². The lowest BCUT2D eigenvalue weighted by molar-refractivity contribution is 0.159. The number of nitrogens with one attached hydrogen (secondary N) is 1. The highest BCUT2D eigenvalue weighted by Crippen LogP contribution is 2.28. The largest absolute Gasteiger partial charge is 0.490 e. The first-order valence-electron chi connectivity index (χ1n) is 5.99. The smallest absolute Gasteiger partial charge is 0.161 e. The SMILES string of the molecule is CCOc1ccccc1O[C@H]1CCCNC1. The zero-order valence-electron chi connectivity index (χ0n) is 9.74. The fourth-order valence-corrected chi connectivity index (χ4v) is 1.92. The molecule has 0 aliphatic carbocycles. The maximum Gasteiger partial charge on any atom is 0.161 e. The second kappa shape index (κ2) is 5.75. The van der Waals surface area contributed by atoms with Crippen molar-refractivity contribution < 1.29 is 9.47 Å². The summed E-state index contributed by atoms with van der Waals surface area (Å²) in [6.45, 7) is 4.69. The van der Waals surface area contributed by atoms with Crippen molar-refractivity contribution >= 4 is 0 Å². The average molecular weight is 221 g/mol. The van der Waals surface area contributed by atoms with Crippen molar-refractivity contribution in [2.75, 3.05) is 19.7 Å². The van der Waals surface area contributed by atoms with Crippen LogP contribution in [0.1, 0.15) is 19.8 Å². The molecule has 0 spiro atoms. The molecule has 1 atom stereocenters. The van der Waals surface area contributed by atoms with Gasteiger partial charge in [0, 0.05) is 6.54 Å². The second-order valence-corrected chi connectivity index (χ2v) is 3.97. The Morgan fingerprint density at radius 3 is 2.81 bits per heavy atom. The molecular formula is C13H19NO2. The number of rotatable bonds is 4. The van der Waals surface area contributed by atoms with E-state index < -0.39 is 0 Å². The number of hydrogen-bond acceptors (Lipinski definition) is 3. The molecule has 88 valence electrons. The lowest BCUT2D eigenvalue weighted by Crippen LogP contribution is -2.37. The molecule has 1 N–H and O–H groups in total. The molecule has 0 amide bonds. The standard InChI is InChI=1S/C13H19NO2/c1-2-15-12-7-3-4-8-13(12)16-11-6-5-9-14-10-11/h3-4,7-8,11,14H,2,5-6,9-10H2,1H3/t11-/m0/s1. The Hall–Kier alpha value is -1.22. The molecule has 1 saturated heterocycles. The highest BCUT2D eigenvalue weighted by Gasteiger charge is 2.16. The Balaban J connectivity index is 2.01. The van der Waals surface area contributed by atoms with Gasteiger partial charge in [0.05, 0.1) is 6.61 Å². The Morgan fingerprint density at radius 1 is 1.31 bits per heavy atom. The van der Waals surface area contributed by atoms with Gasteiger partial charge in [0.2, 0.25) is 0 Å². The van der Waals surface area contributed by atoms with Crippen molar-refractivity contribution in [2.45, 2.75) is 25.9 Å². The fraction of sp³-hybridized carbons (Fsp3) is 0.538. The molecule has 1 aromatic carbocycles. The number of piperidine rings is 1. The van der Waals surface area contributed by atoms with Crippen molar-refractivity contribution in [2.24, 2.45) is 0 Å². The van der Waals surface area contributed by atoms with Gasteiger partial charge in [0.25, 0.3) is 0 Å². The third-order valence-electron chi connectivity index (χ3n) is 2.69. The van der Waals surface area contributed by atoms with Gasteiger partial charge in [-0.1, -0.05) is 12.1 Å². The van der Waals surface area contributed by atoms with Crippen LogP contribution in [0.2, 0.25) is 0 Å². The summed E-state index contributed by atoms with van der Waals surface area (Å²) in [5.74, 6) is 1.70. The Kier molecular flexibility index (Phi) is 4.05. The monoisotopic (exact) mass is 221 g/mol. The number of para-hydroxylation sites is 2. The number of benzene rings is 1. The Morgan fingerprint density at radius 2 is 2.12 bits per heavy atom. The molecule has 0 aromatic heterocycles. The van der Waals surface area contributed by atoms with E-state index in [9.17, 15) is 0 Å². The first-order chi connectivity index (χ1) is 7.90. The van der Waals surface area contributed by atoms with E-state index in [4.69, 9.17) is 9.47 Å². The summed E-state index contributed by atoms with van der Waals surface area (Å²) in [6, 6.07) is 7.87. The molecule has 16 heavy (non-hydrogen) atoms. The van der Waals surface area contributed by atoms with Gasteiger partial charge in [-0.2, -0.15) is 0 Å². The van der Waals surface area contributed by atoms with Crippen molar-refractivity contribution in [3.63, 3.8) is 0 Å². The van der Waals surface area contributed by atoms with E-state index in [2.05, 4.69) is 5.32 Å². The zero-order valence-corrected chi connectivity index (χ0v) is 9.74. The molecule has 0 saturated carbocycles. The zero-order chi connectivity index (χ0) is 11.2. The van der Waals surface area contributed by atoms with Gasteiger partial charge in [0.1, 0.15) is 6.10 Å². The number of ether oxygens (including phenoxy) is 2. The van der Waals surface area contributed by atoms with Crippen LogP contribution in [0.3, 0.4) is 0 Å². The molecule has 1 aliphatic rings. The van der Waals surface area contributed by atoms with Crippen LogP contribution < -0.4 is 14.8 Å². The maximum absolute atomic E-state index is 5.95. The third kappa shape index (κ3) is 2.89. The molecule has 1 heterocycles. The fourth-order valence-electron chi connectivity index (χ4n) is 1.92. The topological polar surface area (TPSA) is 30.5 Å². The summed E-state index contributed by atoms with van der Waals surface area (Å²) < 4.78 is 11.5. The maximum atomic E-state index is 5.95. The molecule has 0 radical (unpaired) electrons. The Bertz CT molecular complexity index is 321. The molecule has 1 aromatic rings. The molecule has 3 nitrogen and oxygen atoms in total. The lowest BCUT2D eigenvalue weighted by Gasteiger charge is -2.24. The number of hydrogen-bond donors (Lipinski definition) is 1. The molecule has 3 heteroatoms. The predicted octanol–water partition coefficient (Wildman–Crippen LogP) is 2.22. The second-order valence-electron chi connectivity index (χ2n) is 3.97. The molecule has 1 fully saturated rings. The predicted molar refractivity (Wildman–Crippen MR) is 64.1 cm³/mol. The van der Waals surface area contributed by atoms with Crippen molar-refractivity contribution in [1.82, 2.24) is 5.32 Å². The van der Waals surface area contributed by atoms with E-state index in [0.29, 0.717) is 6.61 Å². The molecule has 0 unspecified atom stereocenters. The van der Waals surface area contributed by atoms with E-state index in [-0.39, 0.29) is 6.10 Å². The summed E-state index contributed by atoms with van der Waals surface area (Å²) in [6.07, 6.45) is 2.57. The van der Waals surface area contributed by atoms with E-state index >= 15 is 0 Å². The van der Waals surface area contributed by atoms with Crippen LogP contribution in [0, 0.1) is 0 Å². The first kappa shape index (κ1) is 11.3. The summed E-state index contributed by atoms with van der Waals surface area (Å²) >= 11 is 0. The minimum atomic E-state index is 0.273. The first-order valence-corrected chi connectivity index (χ1v) is 5.99. The third-order valence-corrected chi connectivity index (χ3v) is 2.69. The van der Waals surface area contributed by atoms with E-state index in [0.717, 1.165) is 31.0 Å². The highest BCUT2D eigenvalue weighted by atomic mass is 16.5. The summed E-state index contributed by atoms with van der Waals surface area (Å²) in [5.41, 5.74) is 0. The van der Waals surface area contributed by atoms with Crippen molar-refractivity contribution in [1.29, 1.82) is 0 Å². The van der Waals surface area contributed by atoms with E-state index in [1.807, 2.05) is 31.2 Å². The minimum Gasteiger partial charge on any atom is -0.490 e. The quantitative estimate of drug-likeness (QED) is 0.845. The van der Waals surface area contributed by atoms with Crippen LogP contribution in [-0.2, 0) is 0 Å². The van der Waals surface area contributed by atoms with Crippen molar-refractivity contribution in [3.8, 4) is 11.5 Å². The van der Waals surface area contributed by atoms with Crippen LogP contribution in [0.25, 0.3) is 0 Å². The molecule has 2 rings (SSSR count). The van der Waals surface area contributed by atoms with Crippen LogP contribution in [0.4, 0.5) is 0 Å². The van der Waals surface area contributed by atoms with Gasteiger partial charge >= 0.3 is 0 Å². The van der Waals surface area contributed by atoms with E-state index in [1.165, 1.54) is 6.42 Å². The van der Waals surface area contributed by atoms with Crippen molar-refractivity contribution in [3.05, 3.63) is 24.3 Å². The van der Waals surface area contributed by atoms with Gasteiger partial charge in [-0.25, -0.2) is 0 Å². The summed E-state index contributed by atoms with van der Waals surface area (Å²) in [4.78, 5) is 0. The van der Waals surface area contributed by atoms with Gasteiger partial charge < -0.3 is 14.8 Å². The van der Waals surface area contributed by atoms with Crippen LogP contribution in [0.5, 0.6) is 11.5 Å². The van der Waals surface area contributed by atoms with Crippen LogP contribution >= 0.6 is 0 Å². The van der Waals surface area contributed by atoms with Gasteiger partial charge in [-0.3, -0.25) is 0 Å². The highest BCUT2D eigenvalue weighted by molar-refractivity contribution is 5.39. The molecular weight excluding hydrogens is 202 g/mol. The van der Waals surface area contributed by atoms with Gasteiger partial charge in [-0.15, -0.1) is 0 Å². The molecule has 1 aliphatic heterocycles. The van der Waals surface area contributed by atoms with E-state index in [1.54, 1.807) is 0 Å². The minimum absolute atomic E-state index is 0.273. The van der Waals surface area contributed by atoms with Gasteiger partial charge in [-0.05, 0) is 38.4 Å². The molecule has 0 bridgehead atoms. The van der Waals surface area contributed by atoms with Crippen LogP contribution in [0.15, 0.2) is 24.3 Å². The summed E-state index contributed by atoms with van der Waals surface area (Å²) in [7, 11) is 0. The summed E-state index contributed by atoms with van der Waals surface area (Å²) in [5, 5.41) is 3.34. The average Bonchev–Trinajstić information content (AvgIpc) is 2.33. The normalized spacial score (nSPS) is 20.4. The van der Waals surface area contributed by atoms with Gasteiger partial charge in [0.15, 0.2) is 11.5 Å². The Labute approximate surface area is 96.8 Å².